The number of aromatic nitrogens is 2. The van der Waals surface area contributed by atoms with Crippen molar-refractivity contribution in [3.8, 4) is 11.3 Å². The van der Waals surface area contributed by atoms with E-state index in [1.54, 1.807) is 0 Å². The highest BCUT2D eigenvalue weighted by atomic mass is 35.5. The monoisotopic (exact) mass is 247 g/mol. The summed E-state index contributed by atoms with van der Waals surface area (Å²) in [5.41, 5.74) is 10.3. The third-order valence-electron chi connectivity index (χ3n) is 3.32. The van der Waals surface area contributed by atoms with Crippen molar-refractivity contribution >= 4 is 17.4 Å². The zero-order valence-corrected chi connectivity index (χ0v) is 10.2. The van der Waals surface area contributed by atoms with Crippen LogP contribution in [0.25, 0.3) is 11.3 Å². The number of halogens is 1. The van der Waals surface area contributed by atoms with Crippen molar-refractivity contribution in [1.29, 1.82) is 0 Å². The molecule has 0 atom stereocenters. The lowest BCUT2D eigenvalue weighted by Crippen LogP contribution is -2.03. The maximum Gasteiger partial charge on any atom is 0.145 e. The predicted molar refractivity (Wildman–Crippen MR) is 70.1 cm³/mol. The number of rotatable bonds is 1. The number of hydrogen-bond donors (Lipinski definition) is 2. The molecule has 88 valence electrons. The van der Waals surface area contributed by atoms with Crippen LogP contribution >= 0.6 is 11.6 Å². The van der Waals surface area contributed by atoms with Gasteiger partial charge in [0.15, 0.2) is 0 Å². The van der Waals surface area contributed by atoms with Gasteiger partial charge in [0.1, 0.15) is 5.82 Å². The van der Waals surface area contributed by atoms with Gasteiger partial charge in [-0.2, -0.15) is 5.10 Å². The van der Waals surface area contributed by atoms with Crippen molar-refractivity contribution in [2.45, 2.75) is 25.7 Å². The van der Waals surface area contributed by atoms with Gasteiger partial charge in [0.05, 0.1) is 5.69 Å². The summed E-state index contributed by atoms with van der Waals surface area (Å²) in [7, 11) is 0. The summed E-state index contributed by atoms with van der Waals surface area (Å²) in [5, 5.41) is 7.73. The molecule has 0 unspecified atom stereocenters. The Balaban J connectivity index is 2.10. The van der Waals surface area contributed by atoms with E-state index in [1.165, 1.54) is 24.0 Å². The highest BCUT2D eigenvalue weighted by Gasteiger charge is 2.15. The molecule has 0 bridgehead atoms. The lowest BCUT2D eigenvalue weighted by molar-refractivity contribution is 0.686. The molecule has 0 saturated carbocycles. The van der Waals surface area contributed by atoms with Gasteiger partial charge in [0.25, 0.3) is 0 Å². The Morgan fingerprint density at radius 3 is 2.76 bits per heavy atom. The van der Waals surface area contributed by atoms with Crippen LogP contribution in [0.15, 0.2) is 18.2 Å². The van der Waals surface area contributed by atoms with Gasteiger partial charge < -0.3 is 5.73 Å². The van der Waals surface area contributed by atoms with Crippen LogP contribution in [0.3, 0.4) is 0 Å². The van der Waals surface area contributed by atoms with Gasteiger partial charge in [-0.1, -0.05) is 11.6 Å². The van der Waals surface area contributed by atoms with Crippen LogP contribution in [0.2, 0.25) is 5.02 Å². The van der Waals surface area contributed by atoms with Crippen molar-refractivity contribution in [1.82, 2.24) is 10.2 Å². The lowest BCUT2D eigenvalue weighted by atomic mass is 9.90. The first-order chi connectivity index (χ1) is 8.24. The zero-order valence-electron chi connectivity index (χ0n) is 9.46. The minimum Gasteiger partial charge on any atom is -0.382 e. The number of nitrogens with zero attached hydrogens (tertiary/aromatic N) is 1. The molecule has 3 N–H and O–H groups in total. The molecule has 0 fully saturated rings. The molecule has 3 nitrogen and oxygen atoms in total. The minimum atomic E-state index is 0.508. The number of fused-ring (bicyclic) bond motifs is 1. The maximum atomic E-state index is 6.34. The molecule has 0 amide bonds. The first-order valence-corrected chi connectivity index (χ1v) is 6.24. The Bertz CT molecular complexity index is 560. The molecule has 3 rings (SSSR count). The summed E-state index contributed by atoms with van der Waals surface area (Å²) in [4.78, 5) is 0. The topological polar surface area (TPSA) is 54.7 Å². The van der Waals surface area contributed by atoms with Gasteiger partial charge in [-0.3, -0.25) is 5.10 Å². The number of anilines is 1. The Morgan fingerprint density at radius 1 is 1.18 bits per heavy atom. The van der Waals surface area contributed by atoms with Crippen molar-refractivity contribution in [2.75, 3.05) is 5.73 Å². The molecule has 1 heterocycles. The zero-order chi connectivity index (χ0) is 11.8. The fourth-order valence-corrected chi connectivity index (χ4v) is 2.79. The normalized spacial score (nSPS) is 14.6. The molecule has 0 radical (unpaired) electrons. The highest BCUT2D eigenvalue weighted by molar-refractivity contribution is 6.31. The fourth-order valence-electron chi connectivity index (χ4n) is 2.45. The standard InChI is InChI=1S/C13H14ClN3/c14-11-6-9(12-7-13(15)17-16-12)5-8-3-1-2-4-10(8)11/h5-7H,1-4H2,(H3,15,16,17). The van der Waals surface area contributed by atoms with Gasteiger partial charge in [0.2, 0.25) is 0 Å². The summed E-state index contributed by atoms with van der Waals surface area (Å²) in [6.45, 7) is 0. The molecular formula is C13H14ClN3. The number of aromatic amines is 1. The Labute approximate surface area is 105 Å². The summed E-state index contributed by atoms with van der Waals surface area (Å²) < 4.78 is 0. The van der Waals surface area contributed by atoms with E-state index in [4.69, 9.17) is 17.3 Å². The summed E-state index contributed by atoms with van der Waals surface area (Å²) in [6.07, 6.45) is 4.70. The maximum absolute atomic E-state index is 6.34. The molecule has 2 aromatic rings. The largest absolute Gasteiger partial charge is 0.382 e. The van der Waals surface area contributed by atoms with E-state index < -0.39 is 0 Å². The first kappa shape index (κ1) is 10.7. The van der Waals surface area contributed by atoms with E-state index >= 15 is 0 Å². The molecule has 1 aromatic heterocycles. The second-order valence-electron chi connectivity index (χ2n) is 4.51. The molecule has 4 heteroatoms. The predicted octanol–water partition coefficient (Wildman–Crippen LogP) is 3.19. The van der Waals surface area contributed by atoms with Crippen LogP contribution < -0.4 is 5.73 Å². The van der Waals surface area contributed by atoms with Crippen molar-refractivity contribution in [3.05, 3.63) is 34.3 Å². The molecular weight excluding hydrogens is 234 g/mol. The van der Waals surface area contributed by atoms with Crippen LogP contribution in [0.5, 0.6) is 0 Å². The van der Waals surface area contributed by atoms with E-state index in [2.05, 4.69) is 16.3 Å². The molecule has 1 aliphatic rings. The smallest absolute Gasteiger partial charge is 0.145 e. The average Bonchev–Trinajstić information content (AvgIpc) is 2.76. The Morgan fingerprint density at radius 2 is 2.00 bits per heavy atom. The minimum absolute atomic E-state index is 0.508. The summed E-state index contributed by atoms with van der Waals surface area (Å²) in [5.74, 6) is 0.508. The molecule has 17 heavy (non-hydrogen) atoms. The van der Waals surface area contributed by atoms with Crippen LogP contribution in [0, 0.1) is 0 Å². The number of nitrogen functional groups attached to an aromatic ring is 1. The SMILES string of the molecule is Nc1cc(-c2cc(Cl)c3c(c2)CCCC3)[nH]n1. The quantitative estimate of drug-likeness (QED) is 0.813. The number of aryl methyl sites for hydroxylation is 1. The third kappa shape index (κ3) is 1.91. The summed E-state index contributed by atoms with van der Waals surface area (Å²) >= 11 is 6.34. The second-order valence-corrected chi connectivity index (χ2v) is 4.92. The van der Waals surface area contributed by atoms with Crippen molar-refractivity contribution in [3.63, 3.8) is 0 Å². The van der Waals surface area contributed by atoms with Crippen LogP contribution in [-0.2, 0) is 12.8 Å². The lowest BCUT2D eigenvalue weighted by Gasteiger charge is -2.18. The molecule has 0 spiro atoms. The molecule has 1 aromatic carbocycles. The van der Waals surface area contributed by atoms with E-state index in [0.29, 0.717) is 5.82 Å². The number of benzene rings is 1. The van der Waals surface area contributed by atoms with Crippen LogP contribution in [-0.4, -0.2) is 10.2 Å². The average molecular weight is 248 g/mol. The second kappa shape index (κ2) is 4.08. The third-order valence-corrected chi connectivity index (χ3v) is 3.66. The van der Waals surface area contributed by atoms with Gasteiger partial charge in [-0.15, -0.1) is 0 Å². The van der Waals surface area contributed by atoms with E-state index in [1.807, 2.05) is 12.1 Å². The number of nitrogens with two attached hydrogens (primary N) is 1. The van der Waals surface area contributed by atoms with E-state index in [-0.39, 0.29) is 0 Å². The number of H-pyrrole nitrogens is 1. The van der Waals surface area contributed by atoms with Crippen molar-refractivity contribution in [2.24, 2.45) is 0 Å². The van der Waals surface area contributed by atoms with Gasteiger partial charge in [-0.05, 0) is 48.9 Å². The number of hydrogen-bond acceptors (Lipinski definition) is 2. The van der Waals surface area contributed by atoms with Gasteiger partial charge >= 0.3 is 0 Å². The van der Waals surface area contributed by atoms with Gasteiger partial charge in [0, 0.05) is 16.7 Å². The molecule has 0 aliphatic heterocycles. The Kier molecular flexibility index (Phi) is 2.56. The van der Waals surface area contributed by atoms with E-state index in [9.17, 15) is 0 Å². The summed E-state index contributed by atoms with van der Waals surface area (Å²) in [6, 6.07) is 6.03. The molecule has 0 saturated heterocycles. The fraction of sp³-hybridized carbons (Fsp3) is 0.308. The first-order valence-electron chi connectivity index (χ1n) is 5.86. The van der Waals surface area contributed by atoms with E-state index in [0.717, 1.165) is 29.1 Å². The van der Waals surface area contributed by atoms with Crippen LogP contribution in [0.1, 0.15) is 24.0 Å². The van der Waals surface area contributed by atoms with Crippen molar-refractivity contribution < 1.29 is 0 Å². The Hall–Kier alpha value is -1.48. The highest BCUT2D eigenvalue weighted by Crippen LogP contribution is 2.32. The molecule has 1 aliphatic carbocycles. The number of nitrogens with one attached hydrogen (secondary N) is 1. The van der Waals surface area contributed by atoms with Gasteiger partial charge in [-0.25, -0.2) is 0 Å². The van der Waals surface area contributed by atoms with Crippen LogP contribution in [0.4, 0.5) is 5.82 Å².